The molecule has 466 valence electrons. The van der Waals surface area contributed by atoms with E-state index in [2.05, 4.69) is 0 Å². The van der Waals surface area contributed by atoms with Crippen LogP contribution < -0.4 is 19.6 Å². The molecule has 0 N–H and O–H groups in total. The van der Waals surface area contributed by atoms with Crippen LogP contribution in [0, 0.1) is 46.5 Å². The normalized spacial score (nSPS) is 11.6. The second kappa shape index (κ2) is 25.9. The lowest BCUT2D eigenvalue weighted by Crippen LogP contribution is -2.20. The maximum absolute atomic E-state index is 16.9. The molecule has 12 aromatic rings. The van der Waals surface area contributed by atoms with Gasteiger partial charge in [-0.2, -0.15) is 0 Å². The molecule has 0 aliphatic rings. The van der Waals surface area contributed by atoms with Crippen LogP contribution in [0.25, 0.3) is 32.3 Å². The summed E-state index contributed by atoms with van der Waals surface area (Å²) in [5, 5.41) is 3.45. The van der Waals surface area contributed by atoms with E-state index >= 15 is 35.1 Å². The van der Waals surface area contributed by atoms with Crippen LogP contribution >= 0.6 is 0 Å². The van der Waals surface area contributed by atoms with Gasteiger partial charge in [-0.05, 0) is 134 Å². The molecule has 0 atom stereocenters. The highest BCUT2D eigenvalue weighted by Crippen LogP contribution is 2.57. The molecule has 0 saturated heterocycles. The van der Waals surface area contributed by atoms with Gasteiger partial charge >= 0.3 is 0 Å². The highest BCUT2D eigenvalue weighted by Gasteiger charge is 2.34. The van der Waals surface area contributed by atoms with Gasteiger partial charge in [0.25, 0.3) is 0 Å². The molecular weight excluding hydrogens is 1170 g/mol. The lowest BCUT2D eigenvalue weighted by molar-refractivity contribution is 0.573. The van der Waals surface area contributed by atoms with E-state index in [0.717, 1.165) is 46.5 Å². The van der Waals surface area contributed by atoms with Gasteiger partial charge in [-0.1, -0.05) is 152 Å². The van der Waals surface area contributed by atoms with Crippen molar-refractivity contribution in [1.82, 2.24) is 0 Å². The Morgan fingerprint density at radius 3 is 0.620 bits per heavy atom. The number of anilines is 12. The second-order valence-corrected chi connectivity index (χ2v) is 23.1. The lowest BCUT2D eigenvalue weighted by Gasteiger charge is -2.37. The zero-order chi connectivity index (χ0) is 64.8. The minimum Gasteiger partial charge on any atom is -0.309 e. The molecule has 0 amide bonds. The monoisotopic (exact) mass is 1240 g/mol. The second-order valence-electron chi connectivity index (χ2n) is 23.1. The standard InChI is InChI=1S/C80H70F8N4/c1-9-47-25-17-21-29-67(47)89(71-41-51(81)37-63(85)55(71)13-5)75-45-76(90(68-30-22-18-26-48(68)10-2)72-42-52(82)38-64(86)56(72)14-6)60-35-36-62-78(92(70-32-24-20-28-50(70)12-4)74-44-54(84)40-66(88)58(74)16-8)46-77(61-34-33-59(75)79(60)80(61)62)91(69-31-23-19-27-49(69)11-3)73-43-53(83)39-65(87)57(73)15-7/h17-46H,9-16H2,1-8H3. The van der Waals surface area contributed by atoms with Crippen molar-refractivity contribution >= 4 is 101 Å². The maximum atomic E-state index is 16.9. The zero-order valence-electron chi connectivity index (χ0n) is 52.8. The summed E-state index contributed by atoms with van der Waals surface area (Å²) >= 11 is 0. The van der Waals surface area contributed by atoms with Gasteiger partial charge in [-0.25, -0.2) is 35.1 Å². The minimum atomic E-state index is -0.817. The lowest BCUT2D eigenvalue weighted by atomic mass is 9.88. The maximum Gasteiger partial charge on any atom is 0.131 e. The number of hydrogen-bond donors (Lipinski definition) is 0. The molecule has 0 unspecified atom stereocenters. The van der Waals surface area contributed by atoms with Gasteiger partial charge in [0.15, 0.2) is 0 Å². The quantitative estimate of drug-likeness (QED) is 0.0557. The van der Waals surface area contributed by atoms with Crippen LogP contribution in [0.15, 0.2) is 182 Å². The third-order valence-electron chi connectivity index (χ3n) is 18.2. The van der Waals surface area contributed by atoms with Gasteiger partial charge in [0.1, 0.15) is 46.5 Å². The van der Waals surface area contributed by atoms with Gasteiger partial charge in [-0.3, -0.25) is 0 Å². The van der Waals surface area contributed by atoms with E-state index in [-0.39, 0.29) is 70.7 Å². The number of halogens is 8. The van der Waals surface area contributed by atoms with Crippen molar-refractivity contribution in [2.75, 3.05) is 19.6 Å². The summed E-state index contributed by atoms with van der Waals surface area (Å²) in [4.78, 5) is 7.55. The molecule has 12 heteroatoms. The summed E-state index contributed by atoms with van der Waals surface area (Å²) in [6, 6.07) is 51.2. The molecule has 4 nitrogen and oxygen atoms in total. The predicted molar refractivity (Wildman–Crippen MR) is 364 cm³/mol. The van der Waals surface area contributed by atoms with E-state index in [0.29, 0.717) is 103 Å². The molecule has 0 aliphatic heterocycles. The summed E-state index contributed by atoms with van der Waals surface area (Å²) in [6.07, 6.45) is 2.62. The van der Waals surface area contributed by atoms with E-state index in [4.69, 9.17) is 0 Å². The molecule has 0 saturated carbocycles. The van der Waals surface area contributed by atoms with Crippen LogP contribution in [0.5, 0.6) is 0 Å². The SMILES string of the molecule is CCc1ccccc1N(c1cc(F)cc(F)c1CC)c1cc(N(c2ccccc2CC)c2cc(F)cc(F)c2CC)c2ccc3c(N(c4ccccc4CC)c4cc(F)cc(F)c4CC)cc(N(c4ccccc4CC)c4cc(F)cc(F)c4CC)c4ccc1c2c43. The summed E-state index contributed by atoms with van der Waals surface area (Å²) in [5.74, 6) is -6.29. The third-order valence-corrected chi connectivity index (χ3v) is 18.2. The Morgan fingerprint density at radius 2 is 0.424 bits per heavy atom. The number of nitrogens with zero attached hydrogens (tertiary/aromatic N) is 4. The fourth-order valence-corrected chi connectivity index (χ4v) is 13.9. The molecule has 0 aromatic heterocycles. The number of hydrogen-bond acceptors (Lipinski definition) is 4. The molecule has 0 aliphatic carbocycles. The van der Waals surface area contributed by atoms with Crippen molar-refractivity contribution in [3.8, 4) is 0 Å². The Bertz CT molecular complexity index is 4200. The van der Waals surface area contributed by atoms with Crippen molar-refractivity contribution in [3.05, 3.63) is 273 Å². The van der Waals surface area contributed by atoms with Crippen molar-refractivity contribution in [1.29, 1.82) is 0 Å². The average Bonchev–Trinajstić information content (AvgIpc) is 0.698. The number of benzene rings is 12. The summed E-state index contributed by atoms with van der Waals surface area (Å²) in [5.41, 5.74) is 9.26. The third kappa shape index (κ3) is 10.8. The molecular formula is C80H70F8N4. The summed E-state index contributed by atoms with van der Waals surface area (Å²) < 4.78 is 134. The van der Waals surface area contributed by atoms with E-state index in [1.165, 1.54) is 24.3 Å². The van der Waals surface area contributed by atoms with Gasteiger partial charge < -0.3 is 19.6 Å². The average molecular weight is 1240 g/mol. The molecule has 0 bridgehead atoms. The summed E-state index contributed by atoms with van der Waals surface area (Å²) in [7, 11) is 0. The molecule has 92 heavy (non-hydrogen) atoms. The first-order valence-corrected chi connectivity index (χ1v) is 31.8. The predicted octanol–water partition coefficient (Wildman–Crippen LogP) is 24.1. The molecule has 0 spiro atoms. The van der Waals surface area contributed by atoms with Crippen LogP contribution in [0.2, 0.25) is 0 Å². The van der Waals surface area contributed by atoms with Crippen LogP contribution in [0.3, 0.4) is 0 Å². The van der Waals surface area contributed by atoms with Crippen LogP contribution in [-0.2, 0) is 51.4 Å². The van der Waals surface area contributed by atoms with Gasteiger partial charge in [0.2, 0.25) is 0 Å². The number of aryl methyl sites for hydroxylation is 4. The largest absolute Gasteiger partial charge is 0.309 e. The minimum absolute atomic E-state index is 0.154. The Balaban J connectivity index is 1.40. The smallest absolute Gasteiger partial charge is 0.131 e. The fourth-order valence-electron chi connectivity index (χ4n) is 13.9. The first-order chi connectivity index (χ1) is 44.6. The van der Waals surface area contributed by atoms with E-state index in [1.54, 1.807) is 0 Å². The Hall–Kier alpha value is -9.68. The van der Waals surface area contributed by atoms with Crippen molar-refractivity contribution in [2.45, 2.75) is 107 Å². The Kier molecular flexibility index (Phi) is 17.6. The topological polar surface area (TPSA) is 13.0 Å². The van der Waals surface area contributed by atoms with Crippen LogP contribution in [0.1, 0.15) is 99.9 Å². The van der Waals surface area contributed by atoms with Gasteiger partial charge in [0.05, 0.1) is 45.5 Å². The van der Waals surface area contributed by atoms with E-state index in [9.17, 15) is 0 Å². The number of rotatable bonds is 20. The Morgan fingerprint density at radius 1 is 0.217 bits per heavy atom. The highest BCUT2D eigenvalue weighted by molar-refractivity contribution is 6.33. The molecule has 12 rings (SSSR count). The molecule has 12 aromatic carbocycles. The van der Waals surface area contributed by atoms with Gasteiger partial charge in [-0.15, -0.1) is 0 Å². The van der Waals surface area contributed by atoms with E-state index in [1.807, 2.05) is 208 Å². The molecule has 0 radical (unpaired) electrons. The zero-order valence-corrected chi connectivity index (χ0v) is 52.8. The molecule has 0 heterocycles. The van der Waals surface area contributed by atoms with Crippen molar-refractivity contribution < 1.29 is 35.1 Å². The number of para-hydroxylation sites is 4. The summed E-state index contributed by atoms with van der Waals surface area (Å²) in [6.45, 7) is 15.3. The van der Waals surface area contributed by atoms with Gasteiger partial charge in [0, 0.05) is 102 Å². The Labute approximate surface area is 532 Å². The van der Waals surface area contributed by atoms with Crippen molar-refractivity contribution in [2.24, 2.45) is 0 Å². The van der Waals surface area contributed by atoms with Crippen LogP contribution in [0.4, 0.5) is 103 Å². The first-order valence-electron chi connectivity index (χ1n) is 31.8. The highest BCUT2D eigenvalue weighted by atomic mass is 19.2. The molecule has 0 fully saturated rings. The fraction of sp³-hybridized carbons (Fsp3) is 0.200. The van der Waals surface area contributed by atoms with E-state index < -0.39 is 46.5 Å². The first kappa shape index (κ1) is 62.5. The van der Waals surface area contributed by atoms with Crippen molar-refractivity contribution in [3.63, 3.8) is 0 Å². The van der Waals surface area contributed by atoms with Crippen LogP contribution in [-0.4, -0.2) is 0 Å².